The molecule has 0 aliphatic heterocycles. The molecule has 0 radical (unpaired) electrons. The molecule has 0 aliphatic rings. The second kappa shape index (κ2) is 8.62. The topological polar surface area (TPSA) is 67.9 Å². The van der Waals surface area contributed by atoms with Gasteiger partial charge in [-0.2, -0.15) is 5.26 Å². The van der Waals surface area contributed by atoms with Crippen molar-refractivity contribution in [3.8, 4) is 17.5 Å². The Labute approximate surface area is 182 Å². The van der Waals surface area contributed by atoms with Crippen LogP contribution in [0, 0.1) is 11.3 Å². The second-order valence-corrected chi connectivity index (χ2v) is 7.83. The summed E-state index contributed by atoms with van der Waals surface area (Å²) in [7, 11) is 1.61. The minimum absolute atomic E-state index is 0.161. The average Bonchev–Trinajstić information content (AvgIpc) is 2.78. The summed E-state index contributed by atoms with van der Waals surface area (Å²) in [6, 6.07) is 21.7. The molecule has 30 heavy (non-hydrogen) atoms. The molecule has 0 saturated heterocycles. The van der Waals surface area contributed by atoms with E-state index in [0.29, 0.717) is 38.1 Å². The van der Waals surface area contributed by atoms with Gasteiger partial charge in [0.2, 0.25) is 0 Å². The van der Waals surface area contributed by atoms with Gasteiger partial charge in [0, 0.05) is 16.3 Å². The molecule has 0 spiro atoms. The number of para-hydroxylation sites is 1. The lowest BCUT2D eigenvalue weighted by Crippen LogP contribution is -2.21. The molecule has 0 atom stereocenters. The van der Waals surface area contributed by atoms with Crippen molar-refractivity contribution in [3.63, 3.8) is 0 Å². The van der Waals surface area contributed by atoms with E-state index in [1.54, 1.807) is 48.1 Å². The molecule has 3 aromatic carbocycles. The summed E-state index contributed by atoms with van der Waals surface area (Å²) in [4.78, 5) is 18.0. The molecule has 5 nitrogen and oxygen atoms in total. The summed E-state index contributed by atoms with van der Waals surface area (Å²) in [5, 5.41) is 10.8. The minimum Gasteiger partial charge on any atom is -0.496 e. The number of rotatable bonds is 5. The lowest BCUT2D eigenvalue weighted by Gasteiger charge is -2.14. The van der Waals surface area contributed by atoms with Crippen LogP contribution in [0.25, 0.3) is 16.6 Å². The summed E-state index contributed by atoms with van der Waals surface area (Å²) in [6.07, 6.45) is 0. The summed E-state index contributed by atoms with van der Waals surface area (Å²) in [6.45, 7) is 0. The number of ether oxygens (including phenoxy) is 1. The summed E-state index contributed by atoms with van der Waals surface area (Å²) >= 11 is 7.57. The number of aromatic nitrogens is 2. The predicted molar refractivity (Wildman–Crippen MR) is 120 cm³/mol. The Morgan fingerprint density at radius 3 is 2.63 bits per heavy atom. The summed E-state index contributed by atoms with van der Waals surface area (Å²) in [5.41, 5.74) is 2.55. The highest BCUT2D eigenvalue weighted by atomic mass is 35.5. The van der Waals surface area contributed by atoms with Gasteiger partial charge in [-0.15, -0.1) is 0 Å². The molecule has 4 rings (SSSR count). The van der Waals surface area contributed by atoms with Gasteiger partial charge in [0.25, 0.3) is 5.56 Å². The van der Waals surface area contributed by atoms with Gasteiger partial charge in [0.05, 0.1) is 35.3 Å². The predicted octanol–water partition coefficient (Wildman–Crippen LogP) is 5.21. The molecule has 0 fully saturated rings. The van der Waals surface area contributed by atoms with Crippen LogP contribution in [0.5, 0.6) is 5.75 Å². The van der Waals surface area contributed by atoms with E-state index in [9.17, 15) is 4.79 Å². The van der Waals surface area contributed by atoms with Crippen molar-refractivity contribution in [1.29, 1.82) is 5.26 Å². The molecule has 148 valence electrons. The highest BCUT2D eigenvalue weighted by Crippen LogP contribution is 2.30. The summed E-state index contributed by atoms with van der Waals surface area (Å²) < 4.78 is 7.01. The van der Waals surface area contributed by atoms with Crippen LogP contribution < -0.4 is 10.3 Å². The van der Waals surface area contributed by atoms with Crippen LogP contribution in [0.15, 0.2) is 76.7 Å². The first kappa shape index (κ1) is 20.0. The standard InChI is InChI=1S/C23H16ClN3O2S/c1-29-21-11-8-17(24)12-16(21)14-30-23-26-20-5-3-2-4-19(20)22(28)27(23)18-9-6-15(13-25)7-10-18/h2-12H,14H2,1H3. The highest BCUT2D eigenvalue weighted by Gasteiger charge is 2.15. The van der Waals surface area contributed by atoms with E-state index in [1.165, 1.54) is 11.8 Å². The number of hydrogen-bond acceptors (Lipinski definition) is 5. The minimum atomic E-state index is -0.161. The number of hydrogen-bond donors (Lipinski definition) is 0. The van der Waals surface area contributed by atoms with Gasteiger partial charge < -0.3 is 4.74 Å². The van der Waals surface area contributed by atoms with Crippen LogP contribution in [0.2, 0.25) is 5.02 Å². The Bertz CT molecular complexity index is 1330. The number of benzene rings is 3. The fraction of sp³-hybridized carbons (Fsp3) is 0.0870. The Balaban J connectivity index is 1.83. The van der Waals surface area contributed by atoms with Crippen molar-refractivity contribution in [3.05, 3.63) is 93.2 Å². The van der Waals surface area contributed by atoms with Gasteiger partial charge in [0.15, 0.2) is 5.16 Å². The van der Waals surface area contributed by atoms with Crippen LogP contribution in [-0.4, -0.2) is 16.7 Å². The molecule has 4 aromatic rings. The van der Waals surface area contributed by atoms with Crippen molar-refractivity contribution in [2.75, 3.05) is 7.11 Å². The van der Waals surface area contributed by atoms with E-state index in [2.05, 4.69) is 6.07 Å². The van der Waals surface area contributed by atoms with Gasteiger partial charge in [-0.25, -0.2) is 4.98 Å². The lowest BCUT2D eigenvalue weighted by atomic mass is 10.2. The second-order valence-electron chi connectivity index (χ2n) is 6.46. The molecule has 0 saturated carbocycles. The van der Waals surface area contributed by atoms with Crippen molar-refractivity contribution in [1.82, 2.24) is 9.55 Å². The van der Waals surface area contributed by atoms with Gasteiger partial charge in [0.1, 0.15) is 5.75 Å². The lowest BCUT2D eigenvalue weighted by molar-refractivity contribution is 0.411. The molecule has 1 aromatic heterocycles. The summed E-state index contributed by atoms with van der Waals surface area (Å²) in [5.74, 6) is 1.24. The van der Waals surface area contributed by atoms with Crippen molar-refractivity contribution in [2.24, 2.45) is 0 Å². The van der Waals surface area contributed by atoms with Crippen molar-refractivity contribution in [2.45, 2.75) is 10.9 Å². The zero-order valence-electron chi connectivity index (χ0n) is 16.0. The van der Waals surface area contributed by atoms with Crippen molar-refractivity contribution < 1.29 is 4.74 Å². The van der Waals surface area contributed by atoms with E-state index in [0.717, 1.165) is 11.3 Å². The van der Waals surface area contributed by atoms with E-state index < -0.39 is 0 Å². The fourth-order valence-corrected chi connectivity index (χ4v) is 4.31. The molecule has 0 unspecified atom stereocenters. The quantitative estimate of drug-likeness (QED) is 0.319. The Morgan fingerprint density at radius 1 is 1.13 bits per heavy atom. The van der Waals surface area contributed by atoms with Gasteiger partial charge in [-0.3, -0.25) is 9.36 Å². The number of halogens is 1. The van der Waals surface area contributed by atoms with Crippen LogP contribution in [0.1, 0.15) is 11.1 Å². The van der Waals surface area contributed by atoms with Gasteiger partial charge in [-0.1, -0.05) is 35.5 Å². The first-order chi connectivity index (χ1) is 14.6. The molecule has 7 heteroatoms. The third kappa shape index (κ3) is 3.90. The molecule has 0 bridgehead atoms. The number of nitrogens with zero attached hydrogens (tertiary/aromatic N) is 3. The average molecular weight is 434 g/mol. The Kier molecular flexibility index (Phi) is 5.75. The maximum atomic E-state index is 13.3. The SMILES string of the molecule is COc1ccc(Cl)cc1CSc1nc2ccccc2c(=O)n1-c1ccc(C#N)cc1. The third-order valence-electron chi connectivity index (χ3n) is 4.60. The molecule has 0 N–H and O–H groups in total. The zero-order valence-corrected chi connectivity index (χ0v) is 17.6. The number of methoxy groups -OCH3 is 1. The van der Waals surface area contributed by atoms with E-state index in [1.807, 2.05) is 30.3 Å². The monoisotopic (exact) mass is 433 g/mol. The number of nitriles is 1. The fourth-order valence-electron chi connectivity index (χ4n) is 3.12. The first-order valence-corrected chi connectivity index (χ1v) is 10.4. The molecular formula is C23H16ClN3O2S. The zero-order chi connectivity index (χ0) is 21.1. The first-order valence-electron chi connectivity index (χ1n) is 9.08. The van der Waals surface area contributed by atoms with Crippen LogP contribution in [-0.2, 0) is 5.75 Å². The molecule has 0 aliphatic carbocycles. The molecule has 1 heterocycles. The number of fused-ring (bicyclic) bond motifs is 1. The smallest absolute Gasteiger partial charge is 0.266 e. The van der Waals surface area contributed by atoms with E-state index >= 15 is 0 Å². The Morgan fingerprint density at radius 2 is 1.90 bits per heavy atom. The van der Waals surface area contributed by atoms with Crippen LogP contribution >= 0.6 is 23.4 Å². The highest BCUT2D eigenvalue weighted by molar-refractivity contribution is 7.98. The van der Waals surface area contributed by atoms with Gasteiger partial charge >= 0.3 is 0 Å². The largest absolute Gasteiger partial charge is 0.496 e. The maximum absolute atomic E-state index is 13.3. The van der Waals surface area contributed by atoms with Crippen LogP contribution in [0.3, 0.4) is 0 Å². The maximum Gasteiger partial charge on any atom is 0.266 e. The Hall–Kier alpha value is -3.27. The third-order valence-corrected chi connectivity index (χ3v) is 5.82. The van der Waals surface area contributed by atoms with Crippen LogP contribution in [0.4, 0.5) is 0 Å². The van der Waals surface area contributed by atoms with E-state index in [-0.39, 0.29) is 5.56 Å². The normalized spacial score (nSPS) is 10.7. The number of thioether (sulfide) groups is 1. The van der Waals surface area contributed by atoms with Gasteiger partial charge in [-0.05, 0) is 54.6 Å². The molecular weight excluding hydrogens is 418 g/mol. The molecule has 0 amide bonds. The van der Waals surface area contributed by atoms with Crippen molar-refractivity contribution >= 4 is 34.3 Å². The van der Waals surface area contributed by atoms with E-state index in [4.69, 9.17) is 26.6 Å².